The minimum absolute atomic E-state index is 0.566. The highest BCUT2D eigenvalue weighted by Gasteiger charge is 2.12. The molecule has 1 aliphatic carbocycles. The molecule has 1 aromatic carbocycles. The minimum atomic E-state index is 0.566. The van der Waals surface area contributed by atoms with Gasteiger partial charge in [0.2, 0.25) is 0 Å². The first-order valence-corrected chi connectivity index (χ1v) is 5.82. The summed E-state index contributed by atoms with van der Waals surface area (Å²) in [5.74, 6) is 2.18. The molecule has 0 fully saturated rings. The fourth-order valence-electron chi connectivity index (χ4n) is 1.73. The van der Waals surface area contributed by atoms with E-state index >= 15 is 0 Å². The first-order chi connectivity index (χ1) is 7.75. The molecule has 0 saturated carbocycles. The Kier molecular flexibility index (Phi) is 3.45. The van der Waals surface area contributed by atoms with E-state index in [1.807, 2.05) is 18.2 Å². The van der Waals surface area contributed by atoms with Crippen molar-refractivity contribution in [3.8, 4) is 0 Å². The minimum Gasteiger partial charge on any atom is -0.489 e. The van der Waals surface area contributed by atoms with Crippen LogP contribution in [0.5, 0.6) is 0 Å². The molecule has 2 atom stereocenters. The van der Waals surface area contributed by atoms with Crippen molar-refractivity contribution in [2.45, 2.75) is 20.5 Å². The van der Waals surface area contributed by atoms with Gasteiger partial charge in [-0.1, -0.05) is 50.3 Å². The molecule has 0 amide bonds. The molecule has 0 N–H and O–H groups in total. The van der Waals surface area contributed by atoms with E-state index in [0.29, 0.717) is 18.4 Å². The predicted molar refractivity (Wildman–Crippen MR) is 66.8 cm³/mol. The monoisotopic (exact) mass is 214 g/mol. The first-order valence-electron chi connectivity index (χ1n) is 5.82. The van der Waals surface area contributed by atoms with Crippen molar-refractivity contribution in [2.24, 2.45) is 11.8 Å². The number of hydrogen-bond donors (Lipinski definition) is 0. The highest BCUT2D eigenvalue weighted by Crippen LogP contribution is 2.23. The zero-order valence-corrected chi connectivity index (χ0v) is 9.89. The van der Waals surface area contributed by atoms with Crippen LogP contribution >= 0.6 is 0 Å². The van der Waals surface area contributed by atoms with Crippen molar-refractivity contribution < 1.29 is 4.74 Å². The quantitative estimate of drug-likeness (QED) is 0.740. The van der Waals surface area contributed by atoms with Crippen molar-refractivity contribution in [3.63, 3.8) is 0 Å². The van der Waals surface area contributed by atoms with Crippen molar-refractivity contribution in [1.29, 1.82) is 0 Å². The van der Waals surface area contributed by atoms with Gasteiger partial charge in [-0.2, -0.15) is 0 Å². The standard InChI is InChI=1S/C15H18O/c1-12-8-9-15(10-13(12)2)16-11-14-6-4-3-5-7-14/h3-10,12-13H,11H2,1-2H3. The van der Waals surface area contributed by atoms with Crippen LogP contribution < -0.4 is 0 Å². The largest absolute Gasteiger partial charge is 0.489 e. The van der Waals surface area contributed by atoms with E-state index in [1.54, 1.807) is 0 Å². The number of rotatable bonds is 3. The molecule has 0 radical (unpaired) electrons. The van der Waals surface area contributed by atoms with E-state index in [-0.39, 0.29) is 0 Å². The maximum atomic E-state index is 5.76. The molecule has 84 valence electrons. The molecule has 1 nitrogen and oxygen atoms in total. The summed E-state index contributed by atoms with van der Waals surface area (Å²) in [6, 6.07) is 10.3. The average molecular weight is 214 g/mol. The van der Waals surface area contributed by atoms with Gasteiger partial charge in [-0.3, -0.25) is 0 Å². The normalized spacial score (nSPS) is 24.0. The summed E-state index contributed by atoms with van der Waals surface area (Å²) in [6.07, 6.45) is 6.49. The van der Waals surface area contributed by atoms with E-state index in [9.17, 15) is 0 Å². The third-order valence-corrected chi connectivity index (χ3v) is 3.07. The van der Waals surface area contributed by atoms with Crippen LogP contribution in [0.15, 0.2) is 54.3 Å². The van der Waals surface area contributed by atoms with Crippen LogP contribution in [0.2, 0.25) is 0 Å². The van der Waals surface area contributed by atoms with E-state index in [0.717, 1.165) is 5.76 Å². The molecule has 0 bridgehead atoms. The Balaban J connectivity index is 1.92. The summed E-state index contributed by atoms with van der Waals surface area (Å²) in [5, 5.41) is 0. The third-order valence-electron chi connectivity index (χ3n) is 3.07. The molecule has 1 heteroatoms. The Labute approximate surface area is 97.4 Å². The van der Waals surface area contributed by atoms with Crippen LogP contribution in [-0.2, 0) is 11.3 Å². The van der Waals surface area contributed by atoms with Gasteiger partial charge >= 0.3 is 0 Å². The summed E-state index contributed by atoms with van der Waals surface area (Å²) in [6.45, 7) is 5.10. The molecule has 2 rings (SSSR count). The van der Waals surface area contributed by atoms with E-state index in [1.165, 1.54) is 5.56 Å². The second-order valence-corrected chi connectivity index (χ2v) is 4.42. The van der Waals surface area contributed by atoms with Gasteiger partial charge in [0.1, 0.15) is 12.4 Å². The summed E-state index contributed by atoms with van der Waals surface area (Å²) < 4.78 is 5.76. The summed E-state index contributed by atoms with van der Waals surface area (Å²) in [7, 11) is 0. The predicted octanol–water partition coefficient (Wildman–Crippen LogP) is 3.93. The maximum Gasteiger partial charge on any atom is 0.115 e. The molecule has 0 aromatic heterocycles. The lowest BCUT2D eigenvalue weighted by Gasteiger charge is -2.19. The van der Waals surface area contributed by atoms with Crippen molar-refractivity contribution >= 4 is 0 Å². The molecule has 0 spiro atoms. The fraction of sp³-hybridized carbons (Fsp3) is 0.333. The maximum absolute atomic E-state index is 5.76. The number of ether oxygens (including phenoxy) is 1. The van der Waals surface area contributed by atoms with Crippen LogP contribution in [0.25, 0.3) is 0 Å². The molecule has 2 unspecified atom stereocenters. The summed E-state index contributed by atoms with van der Waals surface area (Å²) in [5.41, 5.74) is 1.21. The zero-order valence-electron chi connectivity index (χ0n) is 9.89. The van der Waals surface area contributed by atoms with Gasteiger partial charge in [0, 0.05) is 0 Å². The van der Waals surface area contributed by atoms with E-state index in [4.69, 9.17) is 4.74 Å². The van der Waals surface area contributed by atoms with Gasteiger partial charge in [-0.15, -0.1) is 0 Å². The molecular weight excluding hydrogens is 196 g/mol. The Morgan fingerprint density at radius 3 is 2.50 bits per heavy atom. The smallest absolute Gasteiger partial charge is 0.115 e. The number of benzene rings is 1. The van der Waals surface area contributed by atoms with Gasteiger partial charge in [-0.25, -0.2) is 0 Å². The lowest BCUT2D eigenvalue weighted by Crippen LogP contribution is -2.08. The summed E-state index contributed by atoms with van der Waals surface area (Å²) in [4.78, 5) is 0. The van der Waals surface area contributed by atoms with Gasteiger partial charge in [0.15, 0.2) is 0 Å². The van der Waals surface area contributed by atoms with Gasteiger partial charge in [0.25, 0.3) is 0 Å². The van der Waals surface area contributed by atoms with Crippen LogP contribution in [-0.4, -0.2) is 0 Å². The van der Waals surface area contributed by atoms with Crippen LogP contribution in [0.4, 0.5) is 0 Å². The Bertz CT molecular complexity index is 389. The van der Waals surface area contributed by atoms with E-state index in [2.05, 4.69) is 44.2 Å². The van der Waals surface area contributed by atoms with Crippen molar-refractivity contribution in [1.82, 2.24) is 0 Å². The fourth-order valence-corrected chi connectivity index (χ4v) is 1.73. The first kappa shape index (κ1) is 11.0. The van der Waals surface area contributed by atoms with Crippen molar-refractivity contribution in [2.75, 3.05) is 0 Å². The second-order valence-electron chi connectivity index (χ2n) is 4.42. The third kappa shape index (κ3) is 2.75. The van der Waals surface area contributed by atoms with Gasteiger partial charge in [-0.05, 0) is 29.6 Å². The van der Waals surface area contributed by atoms with Crippen LogP contribution in [0.3, 0.4) is 0 Å². The molecule has 0 heterocycles. The van der Waals surface area contributed by atoms with Crippen molar-refractivity contribution in [3.05, 3.63) is 59.9 Å². The molecule has 16 heavy (non-hydrogen) atoms. The highest BCUT2D eigenvalue weighted by atomic mass is 16.5. The van der Waals surface area contributed by atoms with Crippen LogP contribution in [0.1, 0.15) is 19.4 Å². The second kappa shape index (κ2) is 5.02. The molecule has 1 aliphatic rings. The molecular formula is C15H18O. The zero-order chi connectivity index (χ0) is 11.4. The molecule has 1 aromatic rings. The lowest BCUT2D eigenvalue weighted by molar-refractivity contribution is 0.205. The Morgan fingerprint density at radius 1 is 1.06 bits per heavy atom. The van der Waals surface area contributed by atoms with E-state index < -0.39 is 0 Å². The highest BCUT2D eigenvalue weighted by molar-refractivity contribution is 5.21. The van der Waals surface area contributed by atoms with Gasteiger partial charge in [0.05, 0.1) is 0 Å². The van der Waals surface area contributed by atoms with Crippen LogP contribution in [0, 0.1) is 11.8 Å². The lowest BCUT2D eigenvalue weighted by atomic mass is 9.91. The topological polar surface area (TPSA) is 9.23 Å². The summed E-state index contributed by atoms with van der Waals surface area (Å²) >= 11 is 0. The SMILES string of the molecule is CC1C=CC(OCc2ccccc2)=CC1C. The Morgan fingerprint density at radius 2 is 1.81 bits per heavy atom. The average Bonchev–Trinajstić information content (AvgIpc) is 2.32. The van der Waals surface area contributed by atoms with Gasteiger partial charge < -0.3 is 4.74 Å². The molecule has 0 aliphatic heterocycles. The molecule has 0 saturated heterocycles. The number of allylic oxidation sites excluding steroid dienone is 3. The Hall–Kier alpha value is -1.50. The number of hydrogen-bond acceptors (Lipinski definition) is 1.